The molecule has 1 N–H and O–H groups in total. The minimum Gasteiger partial charge on any atom is -0.477 e. The van der Waals surface area contributed by atoms with Gasteiger partial charge in [-0.3, -0.25) is 4.79 Å². The molecular weight excluding hydrogens is 335 g/mol. The van der Waals surface area contributed by atoms with Crippen molar-refractivity contribution in [2.24, 2.45) is 0 Å². The van der Waals surface area contributed by atoms with Gasteiger partial charge in [-0.15, -0.1) is 0 Å². The summed E-state index contributed by atoms with van der Waals surface area (Å²) in [7, 11) is 0. The Balaban J connectivity index is 2.26. The molecule has 1 fully saturated rings. The molecule has 1 saturated carbocycles. The molecule has 1 heterocycles. The maximum atomic E-state index is 13.0. The second kappa shape index (κ2) is 6.06. The SMILES string of the molecule is Cc1c(-c2cccc(C(F)(F)F)c2)c(=O)c(C(=O)O)cn1C1CCC1. The van der Waals surface area contributed by atoms with E-state index < -0.39 is 28.7 Å². The Morgan fingerprint density at radius 1 is 1.28 bits per heavy atom. The summed E-state index contributed by atoms with van der Waals surface area (Å²) in [6.45, 7) is 1.64. The molecule has 1 aromatic carbocycles. The Hall–Kier alpha value is -2.57. The number of nitrogens with zero attached hydrogens (tertiary/aromatic N) is 1. The van der Waals surface area contributed by atoms with Gasteiger partial charge in [0.05, 0.1) is 5.56 Å². The Bertz CT molecular complexity index is 895. The molecule has 0 bridgehead atoms. The fourth-order valence-electron chi connectivity index (χ4n) is 3.11. The van der Waals surface area contributed by atoms with Crippen molar-refractivity contribution in [1.82, 2.24) is 4.57 Å². The molecule has 4 nitrogen and oxygen atoms in total. The molecular formula is C18H16F3NO3. The highest BCUT2D eigenvalue weighted by Gasteiger charge is 2.31. The van der Waals surface area contributed by atoms with E-state index in [1.807, 2.05) is 0 Å². The van der Waals surface area contributed by atoms with Crippen molar-refractivity contribution in [2.75, 3.05) is 0 Å². The average Bonchev–Trinajstić information content (AvgIpc) is 2.47. The fourth-order valence-corrected chi connectivity index (χ4v) is 3.11. The van der Waals surface area contributed by atoms with Crippen LogP contribution in [-0.2, 0) is 6.18 Å². The summed E-state index contributed by atoms with van der Waals surface area (Å²) in [4.78, 5) is 24.0. The number of rotatable bonds is 3. The maximum Gasteiger partial charge on any atom is 0.416 e. The molecule has 7 heteroatoms. The quantitative estimate of drug-likeness (QED) is 0.899. The molecule has 0 radical (unpaired) electrons. The first-order chi connectivity index (χ1) is 11.7. The molecule has 2 aromatic rings. The predicted molar refractivity (Wildman–Crippen MR) is 85.7 cm³/mol. The van der Waals surface area contributed by atoms with Gasteiger partial charge in [-0.2, -0.15) is 13.2 Å². The van der Waals surface area contributed by atoms with Gasteiger partial charge in [0.15, 0.2) is 0 Å². The minimum atomic E-state index is -4.54. The van der Waals surface area contributed by atoms with Gasteiger partial charge in [0.2, 0.25) is 5.43 Å². The lowest BCUT2D eigenvalue weighted by Crippen LogP contribution is -2.27. The second-order valence-electron chi connectivity index (χ2n) is 6.21. The van der Waals surface area contributed by atoms with E-state index in [9.17, 15) is 27.9 Å². The van der Waals surface area contributed by atoms with E-state index in [1.165, 1.54) is 18.3 Å². The largest absolute Gasteiger partial charge is 0.477 e. The van der Waals surface area contributed by atoms with E-state index >= 15 is 0 Å². The Morgan fingerprint density at radius 2 is 1.96 bits per heavy atom. The van der Waals surface area contributed by atoms with Crippen LogP contribution in [0.4, 0.5) is 13.2 Å². The molecule has 1 aromatic heterocycles. The van der Waals surface area contributed by atoms with Crippen molar-refractivity contribution in [3.63, 3.8) is 0 Å². The van der Waals surface area contributed by atoms with Crippen LogP contribution in [0.25, 0.3) is 11.1 Å². The topological polar surface area (TPSA) is 59.3 Å². The number of carboxylic acid groups (broad SMARTS) is 1. The van der Waals surface area contributed by atoms with E-state index in [1.54, 1.807) is 11.5 Å². The first kappa shape index (κ1) is 17.3. The fraction of sp³-hybridized carbons (Fsp3) is 0.333. The number of halogens is 3. The minimum absolute atomic E-state index is 0.0119. The van der Waals surface area contributed by atoms with Crippen molar-refractivity contribution in [2.45, 2.75) is 38.4 Å². The van der Waals surface area contributed by atoms with E-state index in [-0.39, 0.29) is 17.2 Å². The van der Waals surface area contributed by atoms with Gasteiger partial charge >= 0.3 is 12.1 Å². The van der Waals surface area contributed by atoms with Crippen LogP contribution in [0.3, 0.4) is 0 Å². The number of aromatic carboxylic acids is 1. The maximum absolute atomic E-state index is 13.0. The van der Waals surface area contributed by atoms with Crippen LogP contribution in [0, 0.1) is 6.92 Å². The smallest absolute Gasteiger partial charge is 0.416 e. The number of hydrogen-bond acceptors (Lipinski definition) is 2. The summed E-state index contributed by atoms with van der Waals surface area (Å²) in [5, 5.41) is 9.32. The number of carbonyl (C=O) groups is 1. The second-order valence-corrected chi connectivity index (χ2v) is 6.21. The summed E-state index contributed by atoms with van der Waals surface area (Å²) < 4.78 is 40.7. The van der Waals surface area contributed by atoms with Crippen LogP contribution < -0.4 is 5.43 Å². The summed E-state index contributed by atoms with van der Waals surface area (Å²) in [6, 6.07) is 4.50. The van der Waals surface area contributed by atoms with Gasteiger partial charge in [-0.1, -0.05) is 12.1 Å². The Kier molecular flexibility index (Phi) is 4.18. The number of carboxylic acids is 1. The summed E-state index contributed by atoms with van der Waals surface area (Å²) in [6.07, 6.45) is -0.532. The highest BCUT2D eigenvalue weighted by molar-refractivity contribution is 5.89. The zero-order chi connectivity index (χ0) is 18.4. The van der Waals surface area contributed by atoms with Gasteiger partial charge < -0.3 is 9.67 Å². The third kappa shape index (κ3) is 3.06. The molecule has 0 spiro atoms. The van der Waals surface area contributed by atoms with Gasteiger partial charge in [-0.05, 0) is 43.9 Å². The number of benzene rings is 1. The first-order valence-electron chi connectivity index (χ1n) is 7.87. The van der Waals surface area contributed by atoms with Crippen LogP contribution in [0.2, 0.25) is 0 Å². The van der Waals surface area contributed by atoms with Gasteiger partial charge in [0, 0.05) is 23.5 Å². The zero-order valence-corrected chi connectivity index (χ0v) is 13.4. The summed E-state index contributed by atoms with van der Waals surface area (Å²) in [5.74, 6) is -1.38. The lowest BCUT2D eigenvalue weighted by molar-refractivity contribution is -0.137. The molecule has 0 saturated heterocycles. The van der Waals surface area contributed by atoms with Crippen molar-refractivity contribution in [3.05, 3.63) is 57.5 Å². The van der Waals surface area contributed by atoms with Gasteiger partial charge in [0.1, 0.15) is 5.56 Å². The highest BCUT2D eigenvalue weighted by atomic mass is 19.4. The van der Waals surface area contributed by atoms with Crippen LogP contribution in [0.5, 0.6) is 0 Å². The van der Waals surface area contributed by atoms with Crippen molar-refractivity contribution in [1.29, 1.82) is 0 Å². The van der Waals surface area contributed by atoms with Crippen LogP contribution in [-0.4, -0.2) is 15.6 Å². The molecule has 1 aliphatic rings. The zero-order valence-electron chi connectivity index (χ0n) is 13.4. The number of alkyl halides is 3. The van der Waals surface area contributed by atoms with Crippen LogP contribution in [0.15, 0.2) is 35.3 Å². The molecule has 1 aliphatic carbocycles. The van der Waals surface area contributed by atoms with Crippen molar-refractivity contribution < 1.29 is 23.1 Å². The predicted octanol–water partition coefficient (Wildman–Crippen LogP) is 4.27. The molecule has 0 unspecified atom stereocenters. The van der Waals surface area contributed by atoms with Crippen LogP contribution >= 0.6 is 0 Å². The molecule has 0 atom stereocenters. The summed E-state index contributed by atoms with van der Waals surface area (Å²) >= 11 is 0. The average molecular weight is 351 g/mol. The molecule has 132 valence electrons. The van der Waals surface area contributed by atoms with Crippen molar-refractivity contribution in [3.8, 4) is 11.1 Å². The monoisotopic (exact) mass is 351 g/mol. The van der Waals surface area contributed by atoms with E-state index in [0.29, 0.717) is 5.69 Å². The van der Waals surface area contributed by atoms with Crippen LogP contribution in [0.1, 0.15) is 46.9 Å². The Morgan fingerprint density at radius 3 is 2.48 bits per heavy atom. The Labute approximate surface area is 141 Å². The lowest BCUT2D eigenvalue weighted by atomic mass is 9.91. The standard InChI is InChI=1S/C18H16F3NO3/c1-10-15(11-4-2-5-12(8-11)18(19,20)21)16(23)14(17(24)25)9-22(10)13-6-3-7-13/h2,4-5,8-9,13H,3,6-7H2,1H3,(H,24,25). The molecule has 0 aliphatic heterocycles. The molecule has 25 heavy (non-hydrogen) atoms. The van der Waals surface area contributed by atoms with E-state index in [2.05, 4.69) is 0 Å². The number of pyridine rings is 1. The normalized spacial score (nSPS) is 15.0. The lowest BCUT2D eigenvalue weighted by Gasteiger charge is -2.31. The number of hydrogen-bond donors (Lipinski definition) is 1. The molecule has 0 amide bonds. The van der Waals surface area contributed by atoms with Gasteiger partial charge in [-0.25, -0.2) is 4.79 Å². The molecule has 3 rings (SSSR count). The third-order valence-electron chi connectivity index (χ3n) is 4.67. The number of aromatic nitrogens is 1. The first-order valence-corrected chi connectivity index (χ1v) is 7.87. The van der Waals surface area contributed by atoms with Gasteiger partial charge in [0.25, 0.3) is 0 Å². The van der Waals surface area contributed by atoms with E-state index in [0.717, 1.165) is 31.4 Å². The van der Waals surface area contributed by atoms with E-state index in [4.69, 9.17) is 0 Å². The third-order valence-corrected chi connectivity index (χ3v) is 4.67. The van der Waals surface area contributed by atoms with Crippen molar-refractivity contribution >= 4 is 5.97 Å². The summed E-state index contributed by atoms with van der Waals surface area (Å²) in [5.41, 5.74) is -1.49. The highest BCUT2D eigenvalue weighted by Crippen LogP contribution is 2.36.